The van der Waals surface area contributed by atoms with E-state index in [2.05, 4.69) is 16.0 Å². The fourth-order valence-electron chi connectivity index (χ4n) is 1.32. The van der Waals surface area contributed by atoms with Crippen molar-refractivity contribution < 1.29 is 9.59 Å². The number of urea groups is 2. The van der Waals surface area contributed by atoms with Crippen LogP contribution >= 0.6 is 0 Å². The minimum absolute atomic E-state index is 0.0951. The normalized spacial score (nSPS) is 9.71. The van der Waals surface area contributed by atoms with E-state index in [1.165, 1.54) is 0 Å². The average Bonchev–Trinajstić information content (AvgIpc) is 2.29. The molecular weight excluding hydrogens is 220 g/mol. The van der Waals surface area contributed by atoms with E-state index in [9.17, 15) is 9.59 Å². The first-order valence-corrected chi connectivity index (χ1v) is 6.21. The molecule has 0 aromatic rings. The molecule has 0 atom stereocenters. The van der Waals surface area contributed by atoms with E-state index in [0.29, 0.717) is 19.6 Å². The molecule has 6 nitrogen and oxygen atoms in total. The number of primary amides is 1. The van der Waals surface area contributed by atoms with Crippen LogP contribution in [0.5, 0.6) is 0 Å². The van der Waals surface area contributed by atoms with Crippen LogP contribution in [0.3, 0.4) is 0 Å². The van der Waals surface area contributed by atoms with Gasteiger partial charge in [0.15, 0.2) is 0 Å². The number of hydrogen-bond donors (Lipinski definition) is 4. The summed E-state index contributed by atoms with van der Waals surface area (Å²) in [5.41, 5.74) is 4.92. The Morgan fingerprint density at radius 3 is 1.94 bits per heavy atom. The molecule has 17 heavy (non-hydrogen) atoms. The van der Waals surface area contributed by atoms with Crippen LogP contribution in [0.15, 0.2) is 0 Å². The number of carbonyl (C=O) groups is 2. The van der Waals surface area contributed by atoms with Gasteiger partial charge in [0, 0.05) is 19.6 Å². The lowest BCUT2D eigenvalue weighted by Crippen LogP contribution is -2.36. The van der Waals surface area contributed by atoms with Crippen LogP contribution in [-0.4, -0.2) is 31.7 Å². The van der Waals surface area contributed by atoms with Crippen LogP contribution in [0.1, 0.15) is 39.0 Å². The van der Waals surface area contributed by atoms with Crippen LogP contribution in [-0.2, 0) is 0 Å². The molecule has 4 amide bonds. The van der Waals surface area contributed by atoms with E-state index in [1.54, 1.807) is 0 Å². The molecule has 0 aromatic heterocycles. The number of unbranched alkanes of at least 4 members (excludes halogenated alkanes) is 3. The van der Waals surface area contributed by atoms with Crippen molar-refractivity contribution in [2.75, 3.05) is 19.6 Å². The smallest absolute Gasteiger partial charge is 0.314 e. The largest absolute Gasteiger partial charge is 0.352 e. The highest BCUT2D eigenvalue weighted by Gasteiger charge is 1.97. The third-order valence-electron chi connectivity index (χ3n) is 2.22. The number of nitrogens with two attached hydrogens (primary N) is 1. The van der Waals surface area contributed by atoms with Gasteiger partial charge in [0.2, 0.25) is 0 Å². The second-order valence-electron chi connectivity index (χ2n) is 3.89. The fraction of sp³-hybridized carbons (Fsp3) is 0.818. The summed E-state index contributed by atoms with van der Waals surface area (Å²) in [4.78, 5) is 21.5. The van der Waals surface area contributed by atoms with Crippen molar-refractivity contribution in [3.63, 3.8) is 0 Å². The van der Waals surface area contributed by atoms with Gasteiger partial charge in [0.05, 0.1) is 0 Å². The molecule has 0 rings (SSSR count). The van der Waals surface area contributed by atoms with E-state index in [-0.39, 0.29) is 6.03 Å². The summed E-state index contributed by atoms with van der Waals surface area (Å²) in [6.07, 6.45) is 4.88. The molecule has 6 heteroatoms. The van der Waals surface area contributed by atoms with E-state index < -0.39 is 6.03 Å². The minimum Gasteiger partial charge on any atom is -0.352 e. The van der Waals surface area contributed by atoms with Gasteiger partial charge in [-0.05, 0) is 19.3 Å². The number of nitrogens with one attached hydrogen (secondary N) is 3. The Balaban J connectivity index is 3.12. The highest BCUT2D eigenvalue weighted by molar-refractivity contribution is 5.73. The first-order chi connectivity index (χ1) is 8.16. The van der Waals surface area contributed by atoms with E-state index in [1.807, 2.05) is 6.92 Å². The first-order valence-electron chi connectivity index (χ1n) is 6.21. The summed E-state index contributed by atoms with van der Waals surface area (Å²) in [5.74, 6) is 0. The van der Waals surface area contributed by atoms with E-state index >= 15 is 0 Å². The van der Waals surface area contributed by atoms with Gasteiger partial charge in [-0.3, -0.25) is 0 Å². The maximum Gasteiger partial charge on any atom is 0.314 e. The van der Waals surface area contributed by atoms with Gasteiger partial charge in [-0.15, -0.1) is 0 Å². The maximum absolute atomic E-state index is 11.1. The Morgan fingerprint density at radius 1 is 0.882 bits per heavy atom. The topological polar surface area (TPSA) is 96.2 Å². The molecule has 0 spiro atoms. The standard InChI is InChI=1S/C11H24N4O2/c1-2-7-14-11(17)15-9-6-4-3-5-8-13-10(12)16/h2-9H2,1H3,(H3,12,13,16)(H2,14,15,17). The van der Waals surface area contributed by atoms with Crippen LogP contribution in [0.4, 0.5) is 9.59 Å². The van der Waals surface area contributed by atoms with Gasteiger partial charge >= 0.3 is 12.1 Å². The Morgan fingerprint density at radius 2 is 1.41 bits per heavy atom. The molecule has 0 saturated heterocycles. The molecule has 0 saturated carbocycles. The molecule has 0 fully saturated rings. The molecule has 0 radical (unpaired) electrons. The summed E-state index contributed by atoms with van der Waals surface area (Å²) < 4.78 is 0. The zero-order chi connectivity index (χ0) is 12.9. The lowest BCUT2D eigenvalue weighted by Gasteiger charge is -2.06. The predicted octanol–water partition coefficient (Wildman–Crippen LogP) is 0.924. The highest BCUT2D eigenvalue weighted by Crippen LogP contribution is 1.97. The molecule has 100 valence electrons. The second kappa shape index (κ2) is 11.0. The SMILES string of the molecule is CCCNC(=O)NCCCCCCNC(N)=O. The number of amides is 4. The van der Waals surface area contributed by atoms with Crippen molar-refractivity contribution in [2.45, 2.75) is 39.0 Å². The highest BCUT2D eigenvalue weighted by atomic mass is 16.2. The van der Waals surface area contributed by atoms with Crippen LogP contribution in [0, 0.1) is 0 Å². The molecule has 0 aliphatic carbocycles. The number of carbonyl (C=O) groups excluding carboxylic acids is 2. The monoisotopic (exact) mass is 244 g/mol. The van der Waals surface area contributed by atoms with E-state index in [4.69, 9.17) is 5.73 Å². The van der Waals surface area contributed by atoms with Gasteiger partial charge in [-0.2, -0.15) is 0 Å². The summed E-state index contributed by atoms with van der Waals surface area (Å²) in [6.45, 7) is 4.05. The molecule has 0 aromatic carbocycles. The Labute approximate surface area is 103 Å². The van der Waals surface area contributed by atoms with Crippen molar-refractivity contribution in [1.82, 2.24) is 16.0 Å². The zero-order valence-corrected chi connectivity index (χ0v) is 10.6. The predicted molar refractivity (Wildman–Crippen MR) is 67.7 cm³/mol. The van der Waals surface area contributed by atoms with Crippen molar-refractivity contribution in [3.05, 3.63) is 0 Å². The Hall–Kier alpha value is -1.46. The average molecular weight is 244 g/mol. The minimum atomic E-state index is -0.473. The molecule has 0 bridgehead atoms. The van der Waals surface area contributed by atoms with Gasteiger partial charge < -0.3 is 21.7 Å². The Bertz CT molecular complexity index is 222. The lowest BCUT2D eigenvalue weighted by atomic mass is 10.2. The lowest BCUT2D eigenvalue weighted by molar-refractivity contribution is 0.240. The van der Waals surface area contributed by atoms with Crippen molar-refractivity contribution in [1.29, 1.82) is 0 Å². The molecule has 5 N–H and O–H groups in total. The van der Waals surface area contributed by atoms with Crippen LogP contribution in [0.25, 0.3) is 0 Å². The molecule has 0 heterocycles. The maximum atomic E-state index is 11.1. The molecule has 0 aliphatic heterocycles. The zero-order valence-electron chi connectivity index (χ0n) is 10.6. The fourth-order valence-corrected chi connectivity index (χ4v) is 1.32. The van der Waals surface area contributed by atoms with Gasteiger partial charge in [0.25, 0.3) is 0 Å². The van der Waals surface area contributed by atoms with Gasteiger partial charge in [0.1, 0.15) is 0 Å². The summed E-state index contributed by atoms with van der Waals surface area (Å²) in [5, 5.41) is 8.07. The third-order valence-corrected chi connectivity index (χ3v) is 2.22. The first kappa shape index (κ1) is 15.5. The van der Waals surface area contributed by atoms with Crippen molar-refractivity contribution in [2.24, 2.45) is 5.73 Å². The van der Waals surface area contributed by atoms with Crippen molar-refractivity contribution >= 4 is 12.1 Å². The third kappa shape index (κ3) is 12.5. The van der Waals surface area contributed by atoms with Crippen LogP contribution < -0.4 is 21.7 Å². The quantitative estimate of drug-likeness (QED) is 0.454. The van der Waals surface area contributed by atoms with Gasteiger partial charge in [-0.25, -0.2) is 9.59 Å². The number of rotatable bonds is 9. The molecule has 0 aliphatic rings. The summed E-state index contributed by atoms with van der Waals surface area (Å²) >= 11 is 0. The number of hydrogen-bond acceptors (Lipinski definition) is 2. The summed E-state index contributed by atoms with van der Waals surface area (Å²) in [6, 6.07) is -0.568. The van der Waals surface area contributed by atoms with Gasteiger partial charge in [-0.1, -0.05) is 19.8 Å². The second-order valence-corrected chi connectivity index (χ2v) is 3.89. The molecular formula is C11H24N4O2. The Kier molecular flexibility index (Phi) is 10.1. The van der Waals surface area contributed by atoms with Crippen molar-refractivity contribution in [3.8, 4) is 0 Å². The van der Waals surface area contributed by atoms with Crippen LogP contribution in [0.2, 0.25) is 0 Å². The summed E-state index contributed by atoms with van der Waals surface area (Å²) in [7, 11) is 0. The van der Waals surface area contributed by atoms with E-state index in [0.717, 1.165) is 32.1 Å². The molecule has 0 unspecified atom stereocenters.